The molecule has 1 aliphatic carbocycles. The molecule has 2 aromatic heterocycles. The van der Waals surface area contributed by atoms with Gasteiger partial charge < -0.3 is 20.5 Å². The summed E-state index contributed by atoms with van der Waals surface area (Å²) in [6, 6.07) is 4.49. The minimum Gasteiger partial charge on any atom is -0.433 e. The third-order valence-corrected chi connectivity index (χ3v) is 7.10. The maximum absolute atomic E-state index is 10.9. The summed E-state index contributed by atoms with van der Waals surface area (Å²) in [5.74, 6) is 1.11. The van der Waals surface area contributed by atoms with Crippen molar-refractivity contribution in [1.82, 2.24) is 24.6 Å². The van der Waals surface area contributed by atoms with Crippen molar-refractivity contribution in [3.63, 3.8) is 0 Å². The smallest absolute Gasteiger partial charge is 0.263 e. The zero-order chi connectivity index (χ0) is 23.2. The molecule has 3 N–H and O–H groups in total. The van der Waals surface area contributed by atoms with Crippen molar-refractivity contribution in [2.24, 2.45) is 0 Å². The minimum atomic E-state index is -0.693. The summed E-state index contributed by atoms with van der Waals surface area (Å²) in [6.07, 6.45) is 10.1. The van der Waals surface area contributed by atoms with Crippen molar-refractivity contribution in [2.75, 3.05) is 25.9 Å². The molecular formula is C25H32N6O2. The fourth-order valence-electron chi connectivity index (χ4n) is 5.15. The van der Waals surface area contributed by atoms with Crippen LogP contribution in [0.4, 0.5) is 5.82 Å². The Kier molecular flexibility index (Phi) is 5.58. The maximum Gasteiger partial charge on any atom is 0.263 e. The van der Waals surface area contributed by atoms with E-state index in [4.69, 9.17) is 10.5 Å². The molecule has 1 saturated heterocycles. The molecular weight excluding hydrogens is 416 g/mol. The van der Waals surface area contributed by atoms with Crippen LogP contribution >= 0.6 is 0 Å². The van der Waals surface area contributed by atoms with Gasteiger partial charge in [-0.15, -0.1) is 0 Å². The van der Waals surface area contributed by atoms with Gasteiger partial charge in [-0.05, 0) is 94.9 Å². The second-order valence-electron chi connectivity index (χ2n) is 9.61. The molecule has 0 radical (unpaired) electrons. The molecule has 5 rings (SSSR count). The van der Waals surface area contributed by atoms with Crippen LogP contribution in [0.3, 0.4) is 0 Å². The molecule has 0 spiro atoms. The molecule has 8 nitrogen and oxygen atoms in total. The Morgan fingerprint density at radius 1 is 1.12 bits per heavy atom. The number of nitrogen functional groups attached to an aromatic ring is 1. The van der Waals surface area contributed by atoms with Crippen LogP contribution in [0.15, 0.2) is 30.7 Å². The quantitative estimate of drug-likeness (QED) is 0.609. The molecule has 1 saturated carbocycles. The van der Waals surface area contributed by atoms with Crippen LogP contribution < -0.4 is 10.5 Å². The number of anilines is 1. The van der Waals surface area contributed by atoms with Gasteiger partial charge in [0.15, 0.2) is 11.6 Å². The second kappa shape index (κ2) is 8.43. The van der Waals surface area contributed by atoms with E-state index < -0.39 is 5.60 Å². The summed E-state index contributed by atoms with van der Waals surface area (Å²) < 4.78 is 7.98. The lowest BCUT2D eigenvalue weighted by Gasteiger charge is -2.39. The van der Waals surface area contributed by atoms with Crippen LogP contribution in [-0.2, 0) is 5.60 Å². The van der Waals surface area contributed by atoms with Crippen LogP contribution in [-0.4, -0.2) is 49.9 Å². The lowest BCUT2D eigenvalue weighted by Crippen LogP contribution is -2.35. The molecule has 33 heavy (non-hydrogen) atoms. The number of benzene rings is 1. The summed E-state index contributed by atoms with van der Waals surface area (Å²) in [4.78, 5) is 11.3. The fourth-order valence-corrected chi connectivity index (χ4v) is 5.15. The van der Waals surface area contributed by atoms with E-state index in [1.807, 2.05) is 24.7 Å². The number of likely N-dealkylation sites (tertiary alicyclic amines) is 1. The molecule has 0 unspecified atom stereocenters. The van der Waals surface area contributed by atoms with Crippen LogP contribution in [0.25, 0.3) is 11.3 Å². The van der Waals surface area contributed by atoms with Gasteiger partial charge in [0.05, 0.1) is 35.9 Å². The molecule has 3 heterocycles. The zero-order valence-electron chi connectivity index (χ0n) is 19.6. The average Bonchev–Trinajstić information content (AvgIpc) is 3.22. The van der Waals surface area contributed by atoms with Gasteiger partial charge in [0.2, 0.25) is 0 Å². The largest absolute Gasteiger partial charge is 0.433 e. The Labute approximate surface area is 194 Å². The SMILES string of the molecule is Cc1cc(-c2cnc(N)c(Oc3cnn(C4CCN(C)CC4)c3)n2)cc(C)c1C1(O)CCC1. The molecule has 8 heteroatoms. The Balaban J connectivity index is 1.38. The lowest BCUT2D eigenvalue weighted by atomic mass is 9.72. The highest BCUT2D eigenvalue weighted by Crippen LogP contribution is 2.44. The molecule has 174 valence electrons. The summed E-state index contributed by atoms with van der Waals surface area (Å²) >= 11 is 0. The van der Waals surface area contributed by atoms with Crippen molar-refractivity contribution in [3.05, 3.63) is 47.4 Å². The van der Waals surface area contributed by atoms with Crippen LogP contribution in [0.2, 0.25) is 0 Å². The Bertz CT molecular complexity index is 1140. The van der Waals surface area contributed by atoms with E-state index in [1.165, 1.54) is 0 Å². The van der Waals surface area contributed by atoms with Gasteiger partial charge >= 0.3 is 0 Å². The molecule has 0 bridgehead atoms. The van der Waals surface area contributed by atoms with E-state index in [0.29, 0.717) is 17.5 Å². The average molecular weight is 449 g/mol. The number of hydrogen-bond donors (Lipinski definition) is 2. The maximum atomic E-state index is 10.9. The van der Waals surface area contributed by atoms with Gasteiger partial charge in [0.25, 0.3) is 5.88 Å². The summed E-state index contributed by atoms with van der Waals surface area (Å²) in [5.41, 5.74) is 10.2. The molecule has 1 aliphatic heterocycles. The number of aliphatic hydroxyl groups is 1. The monoisotopic (exact) mass is 448 g/mol. The number of piperidine rings is 1. The number of rotatable bonds is 5. The predicted molar refractivity (Wildman–Crippen MR) is 127 cm³/mol. The third-order valence-electron chi connectivity index (χ3n) is 7.10. The van der Waals surface area contributed by atoms with E-state index in [2.05, 4.69) is 39.1 Å². The van der Waals surface area contributed by atoms with Gasteiger partial charge in [-0.3, -0.25) is 4.68 Å². The molecule has 3 aromatic rings. The first-order valence-electron chi connectivity index (χ1n) is 11.7. The van der Waals surface area contributed by atoms with E-state index in [1.54, 1.807) is 12.4 Å². The van der Waals surface area contributed by atoms with Gasteiger partial charge in [0.1, 0.15) is 0 Å². The number of hydrogen-bond acceptors (Lipinski definition) is 7. The Hall–Kier alpha value is -2.97. The highest BCUT2D eigenvalue weighted by atomic mass is 16.5. The van der Waals surface area contributed by atoms with Crippen molar-refractivity contribution >= 4 is 5.82 Å². The summed E-state index contributed by atoms with van der Waals surface area (Å²) in [6.45, 7) is 6.22. The standard InChI is InChI=1S/C25H32N6O2/c1-16-11-18(12-17(2)22(16)25(32)7-4-8-25)21-14-27-23(26)24(29-21)33-20-13-28-31(15-20)19-5-9-30(3)10-6-19/h11-15,19,32H,4-10H2,1-3H3,(H2,26,27). The minimum absolute atomic E-state index is 0.236. The predicted octanol–water partition coefficient (Wildman–Crippen LogP) is 3.97. The van der Waals surface area contributed by atoms with E-state index in [0.717, 1.165) is 67.4 Å². The first-order valence-corrected chi connectivity index (χ1v) is 11.7. The normalized spacial score (nSPS) is 18.8. The van der Waals surface area contributed by atoms with Crippen molar-refractivity contribution in [3.8, 4) is 22.9 Å². The lowest BCUT2D eigenvalue weighted by molar-refractivity contribution is -0.0398. The number of aryl methyl sites for hydroxylation is 2. The first-order chi connectivity index (χ1) is 15.8. The van der Waals surface area contributed by atoms with E-state index in [-0.39, 0.29) is 11.7 Å². The van der Waals surface area contributed by atoms with E-state index >= 15 is 0 Å². The topological polar surface area (TPSA) is 102 Å². The summed E-state index contributed by atoms with van der Waals surface area (Å²) in [5, 5.41) is 15.4. The second-order valence-corrected chi connectivity index (χ2v) is 9.61. The first kappa shape index (κ1) is 21.9. The molecule has 1 aromatic carbocycles. The Morgan fingerprint density at radius 3 is 2.45 bits per heavy atom. The number of nitrogens with two attached hydrogens (primary N) is 1. The van der Waals surface area contributed by atoms with Crippen LogP contribution in [0.5, 0.6) is 11.6 Å². The van der Waals surface area contributed by atoms with Crippen molar-refractivity contribution in [1.29, 1.82) is 0 Å². The molecule has 2 aliphatic rings. The molecule has 0 atom stereocenters. The number of ether oxygens (including phenoxy) is 1. The van der Waals surface area contributed by atoms with Gasteiger partial charge in [-0.1, -0.05) is 0 Å². The highest BCUT2D eigenvalue weighted by Gasteiger charge is 2.38. The van der Waals surface area contributed by atoms with Gasteiger partial charge in [0, 0.05) is 5.56 Å². The van der Waals surface area contributed by atoms with Crippen LogP contribution in [0.1, 0.15) is 54.8 Å². The van der Waals surface area contributed by atoms with Crippen molar-refractivity contribution < 1.29 is 9.84 Å². The number of nitrogens with zero attached hydrogens (tertiary/aromatic N) is 5. The summed E-state index contributed by atoms with van der Waals surface area (Å²) in [7, 11) is 2.15. The Morgan fingerprint density at radius 2 is 1.82 bits per heavy atom. The highest BCUT2D eigenvalue weighted by molar-refractivity contribution is 5.64. The number of aromatic nitrogens is 4. The zero-order valence-corrected chi connectivity index (χ0v) is 19.6. The molecule has 0 amide bonds. The fraction of sp³-hybridized carbons (Fsp3) is 0.480. The molecule has 2 fully saturated rings. The van der Waals surface area contributed by atoms with Crippen molar-refractivity contribution in [2.45, 2.75) is 57.6 Å². The van der Waals surface area contributed by atoms with Gasteiger partial charge in [-0.25, -0.2) is 9.97 Å². The van der Waals surface area contributed by atoms with Crippen LogP contribution in [0, 0.1) is 13.8 Å². The van der Waals surface area contributed by atoms with E-state index in [9.17, 15) is 5.11 Å². The third kappa shape index (κ3) is 4.20. The van der Waals surface area contributed by atoms with Gasteiger partial charge in [-0.2, -0.15) is 5.10 Å².